The number of hydrogen-bond donors (Lipinski definition) is 0. The van der Waals surface area contributed by atoms with E-state index in [2.05, 4.69) is 10.1 Å². The molecule has 0 aliphatic heterocycles. The molecular weight excluding hydrogens is 384 g/mol. The minimum absolute atomic E-state index is 0.0949. The lowest BCUT2D eigenvalue weighted by Crippen LogP contribution is -2.22. The van der Waals surface area contributed by atoms with E-state index >= 15 is 0 Å². The van der Waals surface area contributed by atoms with E-state index in [4.69, 9.17) is 9.51 Å². The van der Waals surface area contributed by atoms with Gasteiger partial charge in [-0.2, -0.15) is 4.98 Å². The van der Waals surface area contributed by atoms with Crippen LogP contribution in [0.5, 0.6) is 0 Å². The summed E-state index contributed by atoms with van der Waals surface area (Å²) in [5.41, 5.74) is 2.48. The third-order valence-electron chi connectivity index (χ3n) is 4.64. The molecule has 0 saturated carbocycles. The zero-order valence-electron chi connectivity index (χ0n) is 16.8. The monoisotopic (exact) mass is 406 g/mol. The molecule has 0 saturated heterocycles. The second kappa shape index (κ2) is 7.83. The van der Waals surface area contributed by atoms with Crippen LogP contribution in [0, 0.1) is 6.92 Å². The summed E-state index contributed by atoms with van der Waals surface area (Å²) >= 11 is 1.43. The molecule has 1 unspecified atom stereocenters. The minimum Gasteiger partial charge on any atom is -0.338 e. The Bertz CT molecular complexity index is 1210. The largest absolute Gasteiger partial charge is 0.338 e. The van der Waals surface area contributed by atoms with Crippen LogP contribution >= 0.6 is 11.8 Å². The van der Waals surface area contributed by atoms with Crippen molar-refractivity contribution < 1.29 is 4.52 Å². The Kier molecular flexibility index (Phi) is 5.24. The van der Waals surface area contributed by atoms with Crippen molar-refractivity contribution in [3.63, 3.8) is 0 Å². The van der Waals surface area contributed by atoms with Crippen LogP contribution in [0.3, 0.4) is 0 Å². The third kappa shape index (κ3) is 3.82. The van der Waals surface area contributed by atoms with E-state index in [1.807, 2.05) is 70.2 Å². The molecule has 0 amide bonds. The first-order valence-electron chi connectivity index (χ1n) is 9.53. The van der Waals surface area contributed by atoms with Gasteiger partial charge in [-0.25, -0.2) is 4.98 Å². The number of para-hydroxylation sites is 1. The highest BCUT2D eigenvalue weighted by atomic mass is 32.2. The summed E-state index contributed by atoms with van der Waals surface area (Å²) in [4.78, 5) is 22.6. The Morgan fingerprint density at radius 1 is 1.00 bits per heavy atom. The lowest BCUT2D eigenvalue weighted by atomic mass is 10.2. The van der Waals surface area contributed by atoms with Gasteiger partial charge in [0.05, 0.1) is 21.8 Å². The molecule has 2 heterocycles. The van der Waals surface area contributed by atoms with Crippen molar-refractivity contribution in [2.75, 3.05) is 0 Å². The average Bonchev–Trinajstić information content (AvgIpc) is 3.20. The Hall–Kier alpha value is -2.93. The molecule has 29 heavy (non-hydrogen) atoms. The number of thioether (sulfide) groups is 1. The molecule has 7 heteroatoms. The molecule has 0 fully saturated rings. The van der Waals surface area contributed by atoms with E-state index in [0.717, 1.165) is 11.3 Å². The first-order valence-corrected chi connectivity index (χ1v) is 10.4. The van der Waals surface area contributed by atoms with Crippen molar-refractivity contribution in [2.24, 2.45) is 0 Å². The van der Waals surface area contributed by atoms with Gasteiger partial charge in [-0.15, -0.1) is 0 Å². The van der Waals surface area contributed by atoms with Gasteiger partial charge in [0.1, 0.15) is 0 Å². The van der Waals surface area contributed by atoms with Gasteiger partial charge in [0.2, 0.25) is 5.89 Å². The maximum absolute atomic E-state index is 13.3. The number of nitrogens with zero attached hydrogens (tertiary/aromatic N) is 4. The summed E-state index contributed by atoms with van der Waals surface area (Å²) in [6, 6.07) is 15.2. The second-order valence-electron chi connectivity index (χ2n) is 7.29. The van der Waals surface area contributed by atoms with Crippen molar-refractivity contribution in [3.8, 4) is 5.69 Å². The van der Waals surface area contributed by atoms with Gasteiger partial charge in [-0.05, 0) is 38.1 Å². The van der Waals surface area contributed by atoms with E-state index in [0.29, 0.717) is 27.8 Å². The van der Waals surface area contributed by atoms with Crippen LogP contribution in [0.2, 0.25) is 0 Å². The fraction of sp³-hybridized carbons (Fsp3) is 0.273. The van der Waals surface area contributed by atoms with Gasteiger partial charge < -0.3 is 4.52 Å². The molecule has 148 valence electrons. The fourth-order valence-electron chi connectivity index (χ4n) is 2.97. The number of benzene rings is 2. The summed E-state index contributed by atoms with van der Waals surface area (Å²) in [5, 5.41) is 5.07. The predicted molar refractivity (Wildman–Crippen MR) is 115 cm³/mol. The smallest absolute Gasteiger partial charge is 0.266 e. The molecule has 4 rings (SSSR count). The van der Waals surface area contributed by atoms with Gasteiger partial charge in [0.15, 0.2) is 11.0 Å². The average molecular weight is 407 g/mol. The van der Waals surface area contributed by atoms with E-state index in [1.54, 1.807) is 10.6 Å². The first-order chi connectivity index (χ1) is 13.9. The number of hydrogen-bond acceptors (Lipinski definition) is 6. The highest BCUT2D eigenvalue weighted by molar-refractivity contribution is 7.99. The Morgan fingerprint density at radius 3 is 2.41 bits per heavy atom. The molecule has 0 aliphatic carbocycles. The van der Waals surface area contributed by atoms with Gasteiger partial charge in [-0.1, -0.05) is 60.6 Å². The molecule has 2 aromatic heterocycles. The van der Waals surface area contributed by atoms with Gasteiger partial charge in [0, 0.05) is 5.92 Å². The number of aryl methyl sites for hydroxylation is 1. The molecular formula is C22H22N4O2S. The molecule has 0 bridgehead atoms. The molecule has 1 atom stereocenters. The highest BCUT2D eigenvalue weighted by Gasteiger charge is 2.21. The SMILES string of the molecule is Cc1ccc(-n2c(SC(C)c3nc(C(C)C)no3)nc3ccccc3c2=O)cc1. The van der Waals surface area contributed by atoms with Gasteiger partial charge in [-0.3, -0.25) is 9.36 Å². The van der Waals surface area contributed by atoms with Crippen molar-refractivity contribution >= 4 is 22.7 Å². The third-order valence-corrected chi connectivity index (χ3v) is 5.68. The van der Waals surface area contributed by atoms with Crippen LogP contribution in [0.15, 0.2) is 63.0 Å². The van der Waals surface area contributed by atoms with Crippen LogP contribution in [0.1, 0.15) is 49.2 Å². The Labute approximate surface area is 173 Å². The molecule has 2 aromatic carbocycles. The topological polar surface area (TPSA) is 73.8 Å². The van der Waals surface area contributed by atoms with Gasteiger partial charge >= 0.3 is 0 Å². The summed E-state index contributed by atoms with van der Waals surface area (Å²) in [5.74, 6) is 1.39. The van der Waals surface area contributed by atoms with Crippen LogP contribution < -0.4 is 5.56 Å². The van der Waals surface area contributed by atoms with Crippen LogP contribution in [-0.4, -0.2) is 19.7 Å². The fourth-order valence-corrected chi connectivity index (χ4v) is 3.93. The molecule has 0 N–H and O–H groups in total. The van der Waals surface area contributed by atoms with Gasteiger partial charge in [0.25, 0.3) is 5.56 Å². The summed E-state index contributed by atoms with van der Waals surface area (Å²) < 4.78 is 7.10. The number of rotatable bonds is 5. The van der Waals surface area contributed by atoms with E-state index < -0.39 is 0 Å². The normalized spacial score (nSPS) is 12.6. The van der Waals surface area contributed by atoms with Crippen molar-refractivity contribution in [3.05, 3.63) is 76.2 Å². The molecule has 0 spiro atoms. The quantitative estimate of drug-likeness (QED) is 0.341. The highest BCUT2D eigenvalue weighted by Crippen LogP contribution is 2.34. The maximum Gasteiger partial charge on any atom is 0.266 e. The molecule has 0 radical (unpaired) electrons. The number of fused-ring (bicyclic) bond motifs is 1. The molecule has 4 aromatic rings. The molecule has 6 nitrogen and oxygen atoms in total. The minimum atomic E-state index is -0.153. The molecule has 0 aliphatic rings. The summed E-state index contributed by atoms with van der Waals surface area (Å²) in [6.07, 6.45) is 0. The Morgan fingerprint density at radius 2 is 1.72 bits per heavy atom. The van der Waals surface area contributed by atoms with Crippen molar-refractivity contribution in [1.82, 2.24) is 19.7 Å². The summed E-state index contributed by atoms with van der Waals surface area (Å²) in [7, 11) is 0. The lowest BCUT2D eigenvalue weighted by molar-refractivity contribution is 0.373. The summed E-state index contributed by atoms with van der Waals surface area (Å²) in [6.45, 7) is 8.03. The second-order valence-corrected chi connectivity index (χ2v) is 8.60. The van der Waals surface area contributed by atoms with Crippen LogP contribution in [-0.2, 0) is 0 Å². The maximum atomic E-state index is 13.3. The van der Waals surface area contributed by atoms with Crippen molar-refractivity contribution in [2.45, 2.75) is 44.0 Å². The van der Waals surface area contributed by atoms with E-state index in [1.165, 1.54) is 11.8 Å². The van der Waals surface area contributed by atoms with Crippen LogP contribution in [0.25, 0.3) is 16.6 Å². The van der Waals surface area contributed by atoms with Crippen LogP contribution in [0.4, 0.5) is 0 Å². The van der Waals surface area contributed by atoms with E-state index in [-0.39, 0.29) is 16.7 Å². The standard InChI is InChI=1S/C22H22N4O2S/c1-13(2)19-24-20(28-25-19)15(4)29-22-23-18-8-6-5-7-17(18)21(27)26(22)16-11-9-14(3)10-12-16/h5-13,15H,1-4H3. The van der Waals surface area contributed by atoms with Crippen molar-refractivity contribution in [1.29, 1.82) is 0 Å². The van der Waals surface area contributed by atoms with E-state index in [9.17, 15) is 4.79 Å². The number of aromatic nitrogens is 4. The zero-order chi connectivity index (χ0) is 20.5. The zero-order valence-corrected chi connectivity index (χ0v) is 17.6. The Balaban J connectivity index is 1.82. The first kappa shape index (κ1) is 19.4. The predicted octanol–water partition coefficient (Wildman–Crippen LogP) is 5.05. The lowest BCUT2D eigenvalue weighted by Gasteiger charge is -2.15.